The van der Waals surface area contributed by atoms with Crippen molar-refractivity contribution >= 4 is 60.9 Å². The van der Waals surface area contributed by atoms with Gasteiger partial charge in [0, 0.05) is 27.4 Å². The molecule has 0 atom stereocenters. The number of furan rings is 2. The van der Waals surface area contributed by atoms with E-state index in [0.29, 0.717) is 0 Å². The summed E-state index contributed by atoms with van der Waals surface area (Å²) in [4.78, 5) is 2.41. The zero-order valence-corrected chi connectivity index (χ0v) is 34.3. The standard InChI is InChI=1S/C60H39NO2/c1-3-16-40(17-4-1)43-32-36-48(53(38-43)47-21-8-7-20-46(47)42-18-5-2-6-19-42)49-22-9-12-25-54(49)61(55-26-15-29-58-60(55)52-24-11-14-28-57(52)62-58)45-34-30-41(31-35-45)44-33-37-51-50-23-10-13-27-56(50)63-59(51)39-44/h1-39H. The summed E-state index contributed by atoms with van der Waals surface area (Å²) in [5.74, 6) is 0. The smallest absolute Gasteiger partial charge is 0.137 e. The Hall–Kier alpha value is -8.40. The summed E-state index contributed by atoms with van der Waals surface area (Å²) in [6.45, 7) is 0. The van der Waals surface area contributed by atoms with Crippen LogP contribution in [0.1, 0.15) is 0 Å². The van der Waals surface area contributed by atoms with Crippen molar-refractivity contribution in [3.63, 3.8) is 0 Å². The zero-order chi connectivity index (χ0) is 41.7. The molecule has 10 aromatic carbocycles. The van der Waals surface area contributed by atoms with Gasteiger partial charge in [-0.1, -0.05) is 176 Å². The molecule has 3 heteroatoms. The van der Waals surface area contributed by atoms with E-state index in [2.05, 4.69) is 223 Å². The maximum Gasteiger partial charge on any atom is 0.137 e. The molecule has 12 rings (SSSR count). The first-order chi connectivity index (χ1) is 31.2. The maximum atomic E-state index is 6.52. The number of anilines is 3. The second kappa shape index (κ2) is 15.3. The number of fused-ring (bicyclic) bond motifs is 6. The normalized spacial score (nSPS) is 11.5. The Bertz CT molecular complexity index is 3620. The molecule has 3 nitrogen and oxygen atoms in total. The van der Waals surface area contributed by atoms with Gasteiger partial charge >= 0.3 is 0 Å². The highest BCUT2D eigenvalue weighted by Gasteiger charge is 2.24. The Morgan fingerprint density at radius 3 is 1.56 bits per heavy atom. The van der Waals surface area contributed by atoms with E-state index >= 15 is 0 Å². The molecule has 0 unspecified atom stereocenters. The third-order valence-electron chi connectivity index (χ3n) is 12.3. The average Bonchev–Trinajstić information content (AvgIpc) is 3.93. The van der Waals surface area contributed by atoms with Crippen LogP contribution in [-0.2, 0) is 0 Å². The van der Waals surface area contributed by atoms with Gasteiger partial charge in [-0.25, -0.2) is 0 Å². The first-order valence-corrected chi connectivity index (χ1v) is 21.4. The molecule has 0 aliphatic rings. The molecule has 296 valence electrons. The molecule has 63 heavy (non-hydrogen) atoms. The predicted molar refractivity (Wildman–Crippen MR) is 263 cm³/mol. The van der Waals surface area contributed by atoms with Gasteiger partial charge in [0.05, 0.1) is 16.8 Å². The number of hydrogen-bond donors (Lipinski definition) is 0. The van der Waals surface area contributed by atoms with Crippen LogP contribution in [0.15, 0.2) is 245 Å². The Labute approximate surface area is 365 Å². The minimum atomic E-state index is 0.844. The summed E-state index contributed by atoms with van der Waals surface area (Å²) < 4.78 is 12.8. The van der Waals surface area contributed by atoms with Crippen LogP contribution in [0.2, 0.25) is 0 Å². The van der Waals surface area contributed by atoms with E-state index in [-0.39, 0.29) is 0 Å². The van der Waals surface area contributed by atoms with Crippen molar-refractivity contribution in [1.29, 1.82) is 0 Å². The predicted octanol–water partition coefficient (Wildman–Crippen LogP) is 17.3. The van der Waals surface area contributed by atoms with E-state index in [9.17, 15) is 0 Å². The number of benzene rings is 10. The molecule has 0 amide bonds. The highest BCUT2D eigenvalue weighted by Crippen LogP contribution is 2.49. The lowest BCUT2D eigenvalue weighted by molar-refractivity contribution is 0.668. The van der Waals surface area contributed by atoms with Crippen molar-refractivity contribution in [3.8, 4) is 55.6 Å². The van der Waals surface area contributed by atoms with E-state index in [4.69, 9.17) is 8.83 Å². The quantitative estimate of drug-likeness (QED) is 0.153. The third kappa shape index (κ3) is 6.38. The van der Waals surface area contributed by atoms with Crippen molar-refractivity contribution in [1.82, 2.24) is 0 Å². The van der Waals surface area contributed by atoms with E-state index in [1.54, 1.807) is 0 Å². The molecule has 2 aromatic heterocycles. The van der Waals surface area contributed by atoms with E-state index in [0.717, 1.165) is 94.3 Å². The summed E-state index contributed by atoms with van der Waals surface area (Å²) in [5, 5.41) is 4.39. The maximum absolute atomic E-state index is 6.52. The van der Waals surface area contributed by atoms with Gasteiger partial charge in [0.25, 0.3) is 0 Å². The van der Waals surface area contributed by atoms with Crippen LogP contribution in [-0.4, -0.2) is 0 Å². The van der Waals surface area contributed by atoms with E-state index in [1.165, 1.54) is 22.3 Å². The molecule has 0 saturated heterocycles. The molecule has 0 N–H and O–H groups in total. The van der Waals surface area contributed by atoms with Gasteiger partial charge in [0.2, 0.25) is 0 Å². The van der Waals surface area contributed by atoms with Crippen LogP contribution < -0.4 is 4.90 Å². The van der Waals surface area contributed by atoms with Crippen molar-refractivity contribution in [2.24, 2.45) is 0 Å². The van der Waals surface area contributed by atoms with Gasteiger partial charge in [-0.15, -0.1) is 0 Å². The van der Waals surface area contributed by atoms with Gasteiger partial charge in [-0.2, -0.15) is 0 Å². The zero-order valence-electron chi connectivity index (χ0n) is 34.3. The van der Waals surface area contributed by atoms with Crippen LogP contribution in [0.5, 0.6) is 0 Å². The van der Waals surface area contributed by atoms with Crippen molar-refractivity contribution in [2.45, 2.75) is 0 Å². The summed E-state index contributed by atoms with van der Waals surface area (Å²) in [5.41, 5.74) is 18.1. The first kappa shape index (κ1) is 36.5. The number of para-hydroxylation sites is 3. The third-order valence-corrected chi connectivity index (χ3v) is 12.3. The Morgan fingerprint density at radius 1 is 0.254 bits per heavy atom. The van der Waals surface area contributed by atoms with Gasteiger partial charge in [-0.05, 0) is 111 Å². The lowest BCUT2D eigenvalue weighted by atomic mass is 9.86. The van der Waals surface area contributed by atoms with Crippen LogP contribution in [0.25, 0.3) is 99.5 Å². The first-order valence-electron chi connectivity index (χ1n) is 21.4. The van der Waals surface area contributed by atoms with Crippen LogP contribution in [0, 0.1) is 0 Å². The fourth-order valence-electron chi connectivity index (χ4n) is 9.35. The SMILES string of the molecule is c1ccc(-c2ccc(-c3ccccc3N(c3ccc(-c4ccc5c(c4)oc4ccccc45)cc3)c3cccc4oc5ccccc5c34)c(-c3ccccc3-c3ccccc3)c2)cc1. The molecule has 12 aromatic rings. The highest BCUT2D eigenvalue weighted by atomic mass is 16.3. The van der Waals surface area contributed by atoms with Gasteiger partial charge in [0.15, 0.2) is 0 Å². The van der Waals surface area contributed by atoms with Gasteiger partial charge < -0.3 is 13.7 Å². The topological polar surface area (TPSA) is 29.5 Å². The molecule has 0 bridgehead atoms. The summed E-state index contributed by atoms with van der Waals surface area (Å²) in [6, 6.07) is 84.3. The minimum absolute atomic E-state index is 0.844. The molecule has 0 spiro atoms. The van der Waals surface area contributed by atoms with Gasteiger partial charge in [0.1, 0.15) is 22.3 Å². The van der Waals surface area contributed by atoms with Crippen molar-refractivity contribution < 1.29 is 8.83 Å². The van der Waals surface area contributed by atoms with Crippen LogP contribution in [0.3, 0.4) is 0 Å². The van der Waals surface area contributed by atoms with Crippen LogP contribution in [0.4, 0.5) is 17.1 Å². The monoisotopic (exact) mass is 805 g/mol. The average molecular weight is 806 g/mol. The molecular formula is C60H39NO2. The number of hydrogen-bond acceptors (Lipinski definition) is 3. The van der Waals surface area contributed by atoms with Crippen molar-refractivity contribution in [3.05, 3.63) is 237 Å². The lowest BCUT2D eigenvalue weighted by Crippen LogP contribution is -2.11. The summed E-state index contributed by atoms with van der Waals surface area (Å²) in [6.07, 6.45) is 0. The highest BCUT2D eigenvalue weighted by molar-refractivity contribution is 6.14. The summed E-state index contributed by atoms with van der Waals surface area (Å²) >= 11 is 0. The fraction of sp³-hybridized carbons (Fsp3) is 0. The summed E-state index contributed by atoms with van der Waals surface area (Å²) in [7, 11) is 0. The lowest BCUT2D eigenvalue weighted by Gasteiger charge is -2.29. The fourth-order valence-corrected chi connectivity index (χ4v) is 9.35. The number of nitrogens with zero attached hydrogens (tertiary/aromatic N) is 1. The van der Waals surface area contributed by atoms with E-state index < -0.39 is 0 Å². The molecule has 0 saturated carbocycles. The molecule has 0 fully saturated rings. The Morgan fingerprint density at radius 2 is 0.762 bits per heavy atom. The van der Waals surface area contributed by atoms with Crippen molar-refractivity contribution in [2.75, 3.05) is 4.90 Å². The Kier molecular flexibility index (Phi) is 8.83. The largest absolute Gasteiger partial charge is 0.456 e. The Balaban J connectivity index is 1.07. The number of rotatable bonds is 8. The molecular weight excluding hydrogens is 767 g/mol. The molecule has 0 aliphatic heterocycles. The van der Waals surface area contributed by atoms with E-state index in [1.807, 2.05) is 18.2 Å². The second-order valence-electron chi connectivity index (χ2n) is 16.0. The van der Waals surface area contributed by atoms with Gasteiger partial charge in [-0.3, -0.25) is 0 Å². The molecule has 0 aliphatic carbocycles. The molecule has 2 heterocycles. The second-order valence-corrected chi connectivity index (χ2v) is 16.0. The molecule has 0 radical (unpaired) electrons. The minimum Gasteiger partial charge on any atom is -0.456 e. The van der Waals surface area contributed by atoms with Crippen LogP contribution >= 0.6 is 0 Å².